The van der Waals surface area contributed by atoms with Gasteiger partial charge in [-0.1, -0.05) is 26.0 Å². The minimum Gasteiger partial charge on any atom is -0.346 e. The lowest BCUT2D eigenvalue weighted by atomic mass is 10.1. The van der Waals surface area contributed by atoms with Gasteiger partial charge in [-0.25, -0.2) is 0 Å². The first-order chi connectivity index (χ1) is 9.22. The van der Waals surface area contributed by atoms with Crippen LogP contribution in [0.5, 0.6) is 0 Å². The Kier molecular flexibility index (Phi) is 5.16. The SMILES string of the molecule is CCc1cccc(NC(=S)N2CCN(CC)CC2)c1. The van der Waals surface area contributed by atoms with Crippen molar-refractivity contribution >= 4 is 23.0 Å². The Morgan fingerprint density at radius 2 is 1.95 bits per heavy atom. The molecule has 0 spiro atoms. The lowest BCUT2D eigenvalue weighted by Crippen LogP contribution is -2.49. The number of benzene rings is 1. The monoisotopic (exact) mass is 277 g/mol. The third kappa shape index (κ3) is 3.91. The van der Waals surface area contributed by atoms with Gasteiger partial charge in [0.05, 0.1) is 0 Å². The predicted octanol–water partition coefficient (Wildman–Crippen LogP) is 2.58. The first-order valence-electron chi connectivity index (χ1n) is 7.10. The number of hydrogen-bond acceptors (Lipinski definition) is 2. The zero-order valence-electron chi connectivity index (χ0n) is 11.9. The van der Waals surface area contributed by atoms with E-state index in [0.717, 1.165) is 49.9 Å². The zero-order valence-corrected chi connectivity index (χ0v) is 12.7. The van der Waals surface area contributed by atoms with Crippen molar-refractivity contribution in [3.8, 4) is 0 Å². The van der Waals surface area contributed by atoms with Gasteiger partial charge in [-0.3, -0.25) is 0 Å². The number of nitrogens with one attached hydrogen (secondary N) is 1. The molecule has 1 aliphatic rings. The van der Waals surface area contributed by atoms with Crippen molar-refractivity contribution < 1.29 is 0 Å². The molecule has 0 atom stereocenters. The standard InChI is InChI=1S/C15H23N3S/c1-3-13-6-5-7-14(12-13)16-15(19)18-10-8-17(4-2)9-11-18/h5-7,12H,3-4,8-11H2,1-2H3,(H,16,19). The van der Waals surface area contributed by atoms with Crippen LogP contribution in [0, 0.1) is 0 Å². The van der Waals surface area contributed by atoms with Crippen LogP contribution in [0.1, 0.15) is 19.4 Å². The highest BCUT2D eigenvalue weighted by Gasteiger charge is 2.17. The molecule has 0 unspecified atom stereocenters. The summed E-state index contributed by atoms with van der Waals surface area (Å²) in [6.07, 6.45) is 1.05. The van der Waals surface area contributed by atoms with Gasteiger partial charge < -0.3 is 15.1 Å². The van der Waals surface area contributed by atoms with Gasteiger partial charge in [-0.2, -0.15) is 0 Å². The van der Waals surface area contributed by atoms with E-state index >= 15 is 0 Å². The molecule has 1 heterocycles. The maximum atomic E-state index is 5.51. The Bertz CT molecular complexity index is 425. The quantitative estimate of drug-likeness (QED) is 0.856. The second-order valence-electron chi connectivity index (χ2n) is 4.91. The van der Waals surface area contributed by atoms with E-state index in [9.17, 15) is 0 Å². The van der Waals surface area contributed by atoms with Crippen LogP contribution >= 0.6 is 12.2 Å². The maximum Gasteiger partial charge on any atom is 0.173 e. The van der Waals surface area contributed by atoms with Crippen LogP contribution in [0.25, 0.3) is 0 Å². The molecule has 104 valence electrons. The number of aryl methyl sites for hydroxylation is 1. The molecule has 2 rings (SSSR count). The Labute approximate surface area is 121 Å². The predicted molar refractivity (Wildman–Crippen MR) is 85.7 cm³/mol. The van der Waals surface area contributed by atoms with Gasteiger partial charge in [0.25, 0.3) is 0 Å². The number of hydrogen-bond donors (Lipinski definition) is 1. The number of thiocarbonyl (C=S) groups is 1. The summed E-state index contributed by atoms with van der Waals surface area (Å²) >= 11 is 5.51. The average molecular weight is 277 g/mol. The highest BCUT2D eigenvalue weighted by Crippen LogP contribution is 2.12. The third-order valence-electron chi connectivity index (χ3n) is 3.69. The first-order valence-corrected chi connectivity index (χ1v) is 7.51. The molecule has 0 amide bonds. The van der Waals surface area contributed by atoms with Gasteiger partial charge in [0, 0.05) is 31.9 Å². The smallest absolute Gasteiger partial charge is 0.173 e. The number of rotatable bonds is 3. The van der Waals surface area contributed by atoms with E-state index in [1.807, 2.05) is 0 Å². The summed E-state index contributed by atoms with van der Waals surface area (Å²) in [6.45, 7) is 9.76. The molecule has 1 aromatic carbocycles. The molecule has 0 radical (unpaired) electrons. The largest absolute Gasteiger partial charge is 0.346 e. The van der Waals surface area contributed by atoms with Crippen molar-refractivity contribution in [1.29, 1.82) is 0 Å². The Morgan fingerprint density at radius 3 is 2.58 bits per heavy atom. The molecule has 0 bridgehead atoms. The van der Waals surface area contributed by atoms with Gasteiger partial charge in [-0.15, -0.1) is 0 Å². The van der Waals surface area contributed by atoms with Gasteiger partial charge in [-0.05, 0) is 42.9 Å². The summed E-state index contributed by atoms with van der Waals surface area (Å²) < 4.78 is 0. The van der Waals surface area contributed by atoms with Crippen molar-refractivity contribution in [3.63, 3.8) is 0 Å². The van der Waals surface area contributed by atoms with Crippen LogP contribution in [0.4, 0.5) is 5.69 Å². The molecule has 3 nitrogen and oxygen atoms in total. The van der Waals surface area contributed by atoms with E-state index in [4.69, 9.17) is 12.2 Å². The molecule has 19 heavy (non-hydrogen) atoms. The molecular formula is C15H23N3S. The summed E-state index contributed by atoms with van der Waals surface area (Å²) in [5, 5.41) is 4.21. The van der Waals surface area contributed by atoms with E-state index in [1.165, 1.54) is 5.56 Å². The normalized spacial score (nSPS) is 16.4. The molecule has 1 N–H and O–H groups in total. The topological polar surface area (TPSA) is 18.5 Å². The van der Waals surface area contributed by atoms with E-state index in [0.29, 0.717) is 0 Å². The second-order valence-corrected chi connectivity index (χ2v) is 5.29. The van der Waals surface area contributed by atoms with Gasteiger partial charge in [0.15, 0.2) is 5.11 Å². The second kappa shape index (κ2) is 6.87. The minimum atomic E-state index is 0.851. The van der Waals surface area contributed by atoms with Crippen LogP contribution in [0.3, 0.4) is 0 Å². The number of nitrogens with zero attached hydrogens (tertiary/aromatic N) is 2. The van der Waals surface area contributed by atoms with E-state index in [1.54, 1.807) is 0 Å². The van der Waals surface area contributed by atoms with E-state index in [-0.39, 0.29) is 0 Å². The summed E-state index contributed by atoms with van der Waals surface area (Å²) in [6, 6.07) is 8.48. The van der Waals surface area contributed by atoms with Crippen LogP contribution < -0.4 is 5.32 Å². The Hall–Kier alpha value is -1.13. The number of piperazine rings is 1. The molecule has 1 aliphatic heterocycles. The molecule has 0 saturated carbocycles. The van der Waals surface area contributed by atoms with Gasteiger partial charge >= 0.3 is 0 Å². The van der Waals surface area contributed by atoms with E-state index < -0.39 is 0 Å². The Morgan fingerprint density at radius 1 is 1.21 bits per heavy atom. The van der Waals surface area contributed by atoms with Crippen LogP contribution in [-0.4, -0.2) is 47.6 Å². The van der Waals surface area contributed by atoms with Crippen molar-refractivity contribution in [3.05, 3.63) is 29.8 Å². The average Bonchev–Trinajstić information content (AvgIpc) is 2.47. The molecule has 0 aromatic heterocycles. The number of likely N-dealkylation sites (N-methyl/N-ethyl adjacent to an activating group) is 1. The van der Waals surface area contributed by atoms with Crippen molar-refractivity contribution in [2.75, 3.05) is 38.0 Å². The summed E-state index contributed by atoms with van der Waals surface area (Å²) in [4.78, 5) is 4.72. The molecule has 1 aromatic rings. The number of anilines is 1. The van der Waals surface area contributed by atoms with Crippen molar-refractivity contribution in [2.24, 2.45) is 0 Å². The fraction of sp³-hybridized carbons (Fsp3) is 0.533. The molecule has 1 fully saturated rings. The van der Waals surface area contributed by atoms with Crippen molar-refractivity contribution in [1.82, 2.24) is 9.80 Å². The zero-order chi connectivity index (χ0) is 13.7. The van der Waals surface area contributed by atoms with Crippen LogP contribution in [-0.2, 0) is 6.42 Å². The fourth-order valence-corrected chi connectivity index (χ4v) is 2.64. The van der Waals surface area contributed by atoms with E-state index in [2.05, 4.69) is 53.2 Å². The third-order valence-corrected chi connectivity index (χ3v) is 4.05. The Balaban J connectivity index is 1.90. The van der Waals surface area contributed by atoms with Crippen LogP contribution in [0.2, 0.25) is 0 Å². The molecule has 1 saturated heterocycles. The molecule has 4 heteroatoms. The highest BCUT2D eigenvalue weighted by molar-refractivity contribution is 7.80. The van der Waals surface area contributed by atoms with Crippen LogP contribution in [0.15, 0.2) is 24.3 Å². The fourth-order valence-electron chi connectivity index (χ4n) is 2.34. The minimum absolute atomic E-state index is 0.851. The molecular weight excluding hydrogens is 254 g/mol. The summed E-state index contributed by atoms with van der Waals surface area (Å²) in [5.41, 5.74) is 2.44. The summed E-state index contributed by atoms with van der Waals surface area (Å²) in [7, 11) is 0. The van der Waals surface area contributed by atoms with Gasteiger partial charge in [0.2, 0.25) is 0 Å². The first kappa shape index (κ1) is 14.3. The maximum absolute atomic E-state index is 5.51. The highest BCUT2D eigenvalue weighted by atomic mass is 32.1. The summed E-state index contributed by atoms with van der Waals surface area (Å²) in [5.74, 6) is 0. The van der Waals surface area contributed by atoms with Gasteiger partial charge in [0.1, 0.15) is 0 Å². The molecule has 0 aliphatic carbocycles. The lowest BCUT2D eigenvalue weighted by molar-refractivity contribution is 0.191. The lowest BCUT2D eigenvalue weighted by Gasteiger charge is -2.35. The van der Waals surface area contributed by atoms with Crippen molar-refractivity contribution in [2.45, 2.75) is 20.3 Å².